The first-order chi connectivity index (χ1) is 12.3. The van der Waals surface area contributed by atoms with Gasteiger partial charge in [-0.15, -0.1) is 0 Å². The summed E-state index contributed by atoms with van der Waals surface area (Å²) in [5.41, 5.74) is 0.943. The Labute approximate surface area is 163 Å². The summed E-state index contributed by atoms with van der Waals surface area (Å²) in [6.07, 6.45) is -4.62. The number of nitrogens with one attached hydrogen (secondary N) is 1. The van der Waals surface area contributed by atoms with E-state index in [1.807, 2.05) is 13.8 Å². The van der Waals surface area contributed by atoms with Crippen molar-refractivity contribution in [2.45, 2.75) is 52.8 Å². The zero-order valence-corrected chi connectivity index (χ0v) is 17.2. The number of rotatable bonds is 4. The molecule has 148 valence electrons. The number of nitrogens with zero attached hydrogens (tertiary/aromatic N) is 2. The lowest BCUT2D eigenvalue weighted by atomic mass is 9.99. The van der Waals surface area contributed by atoms with Crippen molar-refractivity contribution < 1.29 is 23.1 Å². The summed E-state index contributed by atoms with van der Waals surface area (Å²) in [5, 5.41) is 16.3. The summed E-state index contributed by atoms with van der Waals surface area (Å²) in [6.45, 7) is 8.46. The molecule has 2 rings (SSSR count). The van der Waals surface area contributed by atoms with Crippen LogP contribution in [0.25, 0.3) is 0 Å². The molecule has 0 aliphatic carbocycles. The van der Waals surface area contributed by atoms with E-state index in [0.29, 0.717) is 16.8 Å². The largest absolute Gasteiger partial charge is 0.508 e. The van der Waals surface area contributed by atoms with E-state index in [-0.39, 0.29) is 21.8 Å². The predicted octanol–water partition coefficient (Wildman–Crippen LogP) is 5.31. The van der Waals surface area contributed by atoms with Gasteiger partial charge in [0.25, 0.3) is 0 Å². The molecule has 2 N–H and O–H groups in total. The molecule has 0 spiro atoms. The number of hydrogen-bond acceptors (Lipinski definition) is 3. The van der Waals surface area contributed by atoms with Gasteiger partial charge in [0.15, 0.2) is 5.69 Å². The second kappa shape index (κ2) is 7.53. The molecule has 1 atom stereocenters. The van der Waals surface area contributed by atoms with E-state index in [4.69, 9.17) is 0 Å². The van der Waals surface area contributed by atoms with Crippen LogP contribution in [0.1, 0.15) is 55.2 Å². The lowest BCUT2D eigenvalue weighted by Crippen LogP contribution is -2.26. The number of halogens is 4. The molecule has 0 fully saturated rings. The average Bonchev–Trinajstić information content (AvgIpc) is 2.84. The lowest BCUT2D eigenvalue weighted by Gasteiger charge is -2.18. The monoisotopic (exact) mass is 447 g/mol. The minimum Gasteiger partial charge on any atom is -0.508 e. The van der Waals surface area contributed by atoms with Crippen molar-refractivity contribution in [2.24, 2.45) is 0 Å². The van der Waals surface area contributed by atoms with Crippen LogP contribution in [-0.4, -0.2) is 20.8 Å². The fraction of sp³-hybridized carbons (Fsp3) is 0.444. The molecule has 1 aromatic heterocycles. The molecule has 0 aliphatic rings. The Hall–Kier alpha value is -2.03. The number of carbonyl (C=O) groups is 1. The van der Waals surface area contributed by atoms with Gasteiger partial charge in [-0.2, -0.15) is 18.3 Å². The topological polar surface area (TPSA) is 67.2 Å². The van der Waals surface area contributed by atoms with Crippen LogP contribution in [0.3, 0.4) is 0 Å². The SMILES string of the molecule is Cc1cc(O)c(C(C)C)cc1NC(=O)C(C)n1nc(C(F)(F)F)c(Br)c1C. The molecular formula is C18H21BrF3N3O2. The maximum Gasteiger partial charge on any atom is 0.436 e. The third-order valence-corrected chi connectivity index (χ3v) is 5.29. The molecule has 1 aromatic carbocycles. The maximum atomic E-state index is 13.0. The van der Waals surface area contributed by atoms with Crippen LogP contribution >= 0.6 is 15.9 Å². The van der Waals surface area contributed by atoms with Crippen molar-refractivity contribution in [1.29, 1.82) is 0 Å². The summed E-state index contributed by atoms with van der Waals surface area (Å²) >= 11 is 2.90. The highest BCUT2D eigenvalue weighted by molar-refractivity contribution is 9.10. The highest BCUT2D eigenvalue weighted by Gasteiger charge is 2.39. The molecule has 1 amide bonds. The second-order valence-corrected chi connectivity index (χ2v) is 7.53. The summed E-state index contributed by atoms with van der Waals surface area (Å²) in [5.74, 6) is -0.335. The smallest absolute Gasteiger partial charge is 0.436 e. The van der Waals surface area contributed by atoms with Gasteiger partial charge < -0.3 is 10.4 Å². The van der Waals surface area contributed by atoms with E-state index in [9.17, 15) is 23.1 Å². The molecule has 0 bridgehead atoms. The van der Waals surface area contributed by atoms with Gasteiger partial charge in [0.05, 0.1) is 10.2 Å². The Balaban J connectivity index is 2.34. The van der Waals surface area contributed by atoms with E-state index in [1.165, 1.54) is 13.8 Å². The van der Waals surface area contributed by atoms with Crippen LogP contribution in [0.15, 0.2) is 16.6 Å². The molecule has 27 heavy (non-hydrogen) atoms. The van der Waals surface area contributed by atoms with Crippen LogP contribution in [0.5, 0.6) is 5.75 Å². The van der Waals surface area contributed by atoms with Crippen molar-refractivity contribution in [3.05, 3.63) is 39.1 Å². The highest BCUT2D eigenvalue weighted by Crippen LogP contribution is 2.37. The minimum atomic E-state index is -4.62. The molecule has 0 radical (unpaired) electrons. The Morgan fingerprint density at radius 1 is 1.26 bits per heavy atom. The van der Waals surface area contributed by atoms with Crippen molar-refractivity contribution in [2.75, 3.05) is 5.32 Å². The van der Waals surface area contributed by atoms with Crippen LogP contribution < -0.4 is 5.32 Å². The molecule has 1 heterocycles. The number of carbonyl (C=O) groups excluding carboxylic acids is 1. The molecular weight excluding hydrogens is 427 g/mol. The van der Waals surface area contributed by atoms with Gasteiger partial charge in [-0.25, -0.2) is 0 Å². The fourth-order valence-electron chi connectivity index (χ4n) is 2.71. The zero-order chi connectivity index (χ0) is 20.7. The van der Waals surface area contributed by atoms with Crippen molar-refractivity contribution in [3.63, 3.8) is 0 Å². The first-order valence-electron chi connectivity index (χ1n) is 8.30. The van der Waals surface area contributed by atoms with E-state index in [2.05, 4.69) is 26.3 Å². The molecule has 5 nitrogen and oxygen atoms in total. The molecule has 0 saturated carbocycles. The standard InChI is InChI=1S/C18H21BrF3N3O2/c1-8(2)12-7-13(9(3)6-14(12)26)23-17(27)11(5)25-10(4)15(19)16(24-25)18(20,21)22/h6-8,11,26H,1-5H3,(H,23,27). The van der Waals surface area contributed by atoms with Gasteiger partial charge in [0.1, 0.15) is 11.8 Å². The number of aromatic nitrogens is 2. The number of phenolic OH excluding ortho intramolecular Hbond substituents is 1. The van der Waals surface area contributed by atoms with E-state index >= 15 is 0 Å². The van der Waals surface area contributed by atoms with Gasteiger partial charge in [-0.3, -0.25) is 9.48 Å². The number of anilines is 1. The third-order valence-electron chi connectivity index (χ3n) is 4.35. The van der Waals surface area contributed by atoms with Crippen molar-refractivity contribution in [3.8, 4) is 5.75 Å². The Kier molecular flexibility index (Phi) is 5.94. The van der Waals surface area contributed by atoms with Gasteiger partial charge >= 0.3 is 6.18 Å². The first-order valence-corrected chi connectivity index (χ1v) is 9.10. The van der Waals surface area contributed by atoms with E-state index in [0.717, 1.165) is 4.68 Å². The summed E-state index contributed by atoms with van der Waals surface area (Å²) in [6, 6.07) is 2.26. The number of amides is 1. The number of aryl methyl sites for hydroxylation is 1. The number of phenols is 1. The zero-order valence-electron chi connectivity index (χ0n) is 15.6. The van der Waals surface area contributed by atoms with Crippen LogP contribution in [-0.2, 0) is 11.0 Å². The molecule has 9 heteroatoms. The number of alkyl halides is 3. The van der Waals surface area contributed by atoms with Crippen LogP contribution in [0.2, 0.25) is 0 Å². The number of benzene rings is 1. The van der Waals surface area contributed by atoms with E-state index in [1.54, 1.807) is 19.1 Å². The van der Waals surface area contributed by atoms with Crippen LogP contribution in [0.4, 0.5) is 18.9 Å². The van der Waals surface area contributed by atoms with Gasteiger partial charge in [0.2, 0.25) is 5.91 Å². The summed E-state index contributed by atoms with van der Waals surface area (Å²) < 4.78 is 40.0. The molecule has 1 unspecified atom stereocenters. The maximum absolute atomic E-state index is 13.0. The first kappa shape index (κ1) is 21.3. The average molecular weight is 448 g/mol. The predicted molar refractivity (Wildman–Crippen MR) is 99.9 cm³/mol. The van der Waals surface area contributed by atoms with Gasteiger partial charge in [-0.05, 0) is 65.9 Å². The quantitative estimate of drug-likeness (QED) is 0.623. The second-order valence-electron chi connectivity index (χ2n) is 6.74. The Bertz CT molecular complexity index is 876. The Morgan fingerprint density at radius 3 is 2.33 bits per heavy atom. The van der Waals surface area contributed by atoms with E-state index < -0.39 is 23.8 Å². The Morgan fingerprint density at radius 2 is 1.85 bits per heavy atom. The van der Waals surface area contributed by atoms with Gasteiger partial charge in [-0.1, -0.05) is 13.8 Å². The van der Waals surface area contributed by atoms with Gasteiger partial charge in [0, 0.05) is 5.69 Å². The lowest BCUT2D eigenvalue weighted by molar-refractivity contribution is -0.142. The number of hydrogen-bond donors (Lipinski definition) is 2. The third kappa shape index (κ3) is 4.28. The van der Waals surface area contributed by atoms with Crippen LogP contribution in [0, 0.1) is 13.8 Å². The highest BCUT2D eigenvalue weighted by atomic mass is 79.9. The summed E-state index contributed by atoms with van der Waals surface area (Å²) in [4.78, 5) is 12.6. The number of aromatic hydroxyl groups is 1. The van der Waals surface area contributed by atoms with Crippen molar-refractivity contribution in [1.82, 2.24) is 9.78 Å². The molecule has 2 aromatic rings. The summed E-state index contributed by atoms with van der Waals surface area (Å²) in [7, 11) is 0. The normalized spacial score (nSPS) is 13.1. The van der Waals surface area contributed by atoms with Crippen molar-refractivity contribution >= 4 is 27.5 Å². The molecule has 0 saturated heterocycles. The minimum absolute atomic E-state index is 0.0392. The molecule has 0 aliphatic heterocycles. The fourth-order valence-corrected chi connectivity index (χ4v) is 3.20.